The van der Waals surface area contributed by atoms with Crippen LogP contribution in [0.15, 0.2) is 24.3 Å². The van der Waals surface area contributed by atoms with Crippen molar-refractivity contribution in [3.05, 3.63) is 24.3 Å². The van der Waals surface area contributed by atoms with Crippen LogP contribution in [0, 0.1) is 0 Å². The van der Waals surface area contributed by atoms with Gasteiger partial charge in [0, 0.05) is 24.3 Å². The normalized spacial score (nSPS) is 25.8. The number of aromatic nitrogens is 4. The van der Waals surface area contributed by atoms with Crippen LogP contribution in [0.1, 0.15) is 26.7 Å². The van der Waals surface area contributed by atoms with Crippen molar-refractivity contribution in [3.8, 4) is 11.4 Å². The second-order valence-electron chi connectivity index (χ2n) is 5.78. The van der Waals surface area contributed by atoms with Crippen LogP contribution >= 0.6 is 0 Å². The third-order valence-corrected chi connectivity index (χ3v) is 3.81. The zero-order valence-electron chi connectivity index (χ0n) is 12.7. The fourth-order valence-electron chi connectivity index (χ4n) is 2.98. The van der Waals surface area contributed by atoms with Crippen LogP contribution in [0.5, 0.6) is 0 Å². The lowest BCUT2D eigenvalue weighted by Gasteiger charge is -2.33. The minimum Gasteiger partial charge on any atom is -0.382 e. The van der Waals surface area contributed by atoms with Crippen molar-refractivity contribution in [2.45, 2.75) is 44.9 Å². The molecule has 6 heteroatoms. The molecule has 1 aliphatic rings. The number of rotatable bonds is 3. The molecule has 0 amide bonds. The standard InChI is InChI=1S/C15H21N5O/c1-10-7-14(8-11(2)21-10)16-13-6-4-5-12(9-13)15-17-18-19-20(15)3/h4-6,9-11,14,16H,7-8H2,1-3H3. The highest BCUT2D eigenvalue weighted by Crippen LogP contribution is 2.25. The van der Waals surface area contributed by atoms with E-state index in [1.807, 2.05) is 19.2 Å². The molecular formula is C15H21N5O. The molecule has 0 spiro atoms. The van der Waals surface area contributed by atoms with Gasteiger partial charge in [-0.1, -0.05) is 12.1 Å². The van der Waals surface area contributed by atoms with Gasteiger partial charge in [-0.15, -0.1) is 5.10 Å². The summed E-state index contributed by atoms with van der Waals surface area (Å²) in [7, 11) is 1.84. The van der Waals surface area contributed by atoms with Crippen LogP contribution in [0.25, 0.3) is 11.4 Å². The first kappa shape index (κ1) is 14.0. The summed E-state index contributed by atoms with van der Waals surface area (Å²) in [4.78, 5) is 0. The number of nitrogens with one attached hydrogen (secondary N) is 1. The van der Waals surface area contributed by atoms with Gasteiger partial charge < -0.3 is 10.1 Å². The second kappa shape index (κ2) is 5.81. The first-order chi connectivity index (χ1) is 10.1. The average Bonchev–Trinajstić information content (AvgIpc) is 2.84. The van der Waals surface area contributed by atoms with Gasteiger partial charge >= 0.3 is 0 Å². The van der Waals surface area contributed by atoms with Crippen molar-refractivity contribution in [1.29, 1.82) is 0 Å². The number of aryl methyl sites for hydroxylation is 1. The Morgan fingerprint density at radius 3 is 2.67 bits per heavy atom. The van der Waals surface area contributed by atoms with E-state index in [1.165, 1.54) is 0 Å². The first-order valence-corrected chi connectivity index (χ1v) is 7.36. The minimum absolute atomic E-state index is 0.303. The lowest BCUT2D eigenvalue weighted by molar-refractivity contribution is -0.0337. The minimum atomic E-state index is 0.303. The molecule has 0 aliphatic carbocycles. The number of hydrogen-bond acceptors (Lipinski definition) is 5. The molecule has 2 atom stereocenters. The highest BCUT2D eigenvalue weighted by Gasteiger charge is 2.24. The van der Waals surface area contributed by atoms with Crippen LogP contribution in [-0.4, -0.2) is 38.5 Å². The van der Waals surface area contributed by atoms with E-state index in [9.17, 15) is 0 Å². The molecule has 0 bridgehead atoms. The lowest BCUT2D eigenvalue weighted by atomic mass is 9.99. The molecule has 3 rings (SSSR count). The van der Waals surface area contributed by atoms with E-state index < -0.39 is 0 Å². The van der Waals surface area contributed by atoms with E-state index in [2.05, 4.69) is 46.8 Å². The fraction of sp³-hybridized carbons (Fsp3) is 0.533. The third kappa shape index (κ3) is 3.21. The predicted octanol–water partition coefficient (Wildman–Crippen LogP) is 2.25. The van der Waals surface area contributed by atoms with Crippen LogP contribution in [-0.2, 0) is 11.8 Å². The van der Waals surface area contributed by atoms with E-state index in [4.69, 9.17) is 4.74 Å². The molecule has 1 fully saturated rings. The SMILES string of the molecule is CC1CC(Nc2cccc(-c3nnnn3C)c2)CC(C)O1. The highest BCUT2D eigenvalue weighted by atomic mass is 16.5. The molecule has 2 heterocycles. The van der Waals surface area contributed by atoms with Crippen molar-refractivity contribution >= 4 is 5.69 Å². The molecule has 2 unspecified atom stereocenters. The maximum Gasteiger partial charge on any atom is 0.181 e. The summed E-state index contributed by atoms with van der Waals surface area (Å²) in [6.07, 6.45) is 2.66. The van der Waals surface area contributed by atoms with Gasteiger partial charge in [0.25, 0.3) is 0 Å². The summed E-state index contributed by atoms with van der Waals surface area (Å²) in [5, 5.41) is 15.2. The van der Waals surface area contributed by atoms with Gasteiger partial charge in [0.1, 0.15) is 0 Å². The molecule has 1 N–H and O–H groups in total. The number of ether oxygens (including phenoxy) is 1. The van der Waals surface area contributed by atoms with Crippen molar-refractivity contribution in [2.75, 3.05) is 5.32 Å². The molecule has 112 valence electrons. The molecular weight excluding hydrogens is 266 g/mol. The van der Waals surface area contributed by atoms with E-state index >= 15 is 0 Å². The van der Waals surface area contributed by atoms with Gasteiger partial charge in [0.05, 0.1) is 12.2 Å². The van der Waals surface area contributed by atoms with Crippen molar-refractivity contribution in [2.24, 2.45) is 7.05 Å². The Labute approximate surface area is 124 Å². The third-order valence-electron chi connectivity index (χ3n) is 3.81. The Hall–Kier alpha value is -1.95. The van der Waals surface area contributed by atoms with Gasteiger partial charge in [-0.2, -0.15) is 0 Å². The summed E-state index contributed by atoms with van der Waals surface area (Å²) in [6.45, 7) is 4.26. The summed E-state index contributed by atoms with van der Waals surface area (Å²) < 4.78 is 7.46. The Morgan fingerprint density at radius 2 is 2.00 bits per heavy atom. The molecule has 1 aromatic carbocycles. The molecule has 6 nitrogen and oxygen atoms in total. The van der Waals surface area contributed by atoms with Crippen LogP contribution in [0.2, 0.25) is 0 Å². The number of nitrogens with zero attached hydrogens (tertiary/aromatic N) is 4. The van der Waals surface area contributed by atoms with Gasteiger partial charge in [-0.3, -0.25) is 0 Å². The molecule has 1 aromatic heterocycles. The van der Waals surface area contributed by atoms with Crippen molar-refractivity contribution in [1.82, 2.24) is 20.2 Å². The number of anilines is 1. The highest BCUT2D eigenvalue weighted by molar-refractivity contribution is 5.62. The Balaban J connectivity index is 1.76. The zero-order valence-corrected chi connectivity index (χ0v) is 12.7. The smallest absolute Gasteiger partial charge is 0.181 e. The van der Waals surface area contributed by atoms with Crippen LogP contribution in [0.3, 0.4) is 0 Å². The summed E-state index contributed by atoms with van der Waals surface area (Å²) in [6, 6.07) is 8.66. The maximum atomic E-state index is 5.78. The summed E-state index contributed by atoms with van der Waals surface area (Å²) in [5.41, 5.74) is 2.11. The van der Waals surface area contributed by atoms with Crippen molar-refractivity contribution in [3.63, 3.8) is 0 Å². The zero-order chi connectivity index (χ0) is 14.8. The first-order valence-electron chi connectivity index (χ1n) is 7.36. The lowest BCUT2D eigenvalue weighted by Crippen LogP contribution is -2.36. The van der Waals surface area contributed by atoms with Gasteiger partial charge in [-0.05, 0) is 49.2 Å². The Morgan fingerprint density at radius 1 is 1.24 bits per heavy atom. The van der Waals surface area contributed by atoms with E-state index in [1.54, 1.807) is 4.68 Å². The Kier molecular flexibility index (Phi) is 3.88. The molecule has 2 aromatic rings. The largest absolute Gasteiger partial charge is 0.382 e. The predicted molar refractivity (Wildman–Crippen MR) is 80.9 cm³/mol. The van der Waals surface area contributed by atoms with Gasteiger partial charge in [-0.25, -0.2) is 4.68 Å². The molecule has 21 heavy (non-hydrogen) atoms. The quantitative estimate of drug-likeness (QED) is 0.938. The summed E-state index contributed by atoms with van der Waals surface area (Å²) in [5.74, 6) is 0.771. The molecule has 1 aliphatic heterocycles. The molecule has 1 saturated heterocycles. The average molecular weight is 287 g/mol. The second-order valence-corrected chi connectivity index (χ2v) is 5.78. The number of hydrogen-bond donors (Lipinski definition) is 1. The van der Waals surface area contributed by atoms with E-state index in [-0.39, 0.29) is 0 Å². The Bertz CT molecular complexity index is 602. The molecule has 0 saturated carbocycles. The summed E-state index contributed by atoms with van der Waals surface area (Å²) >= 11 is 0. The van der Waals surface area contributed by atoms with E-state index in [0.29, 0.717) is 18.2 Å². The van der Waals surface area contributed by atoms with Crippen molar-refractivity contribution < 1.29 is 4.74 Å². The topological polar surface area (TPSA) is 64.9 Å². The van der Waals surface area contributed by atoms with Crippen LogP contribution < -0.4 is 5.32 Å². The maximum absolute atomic E-state index is 5.78. The van der Waals surface area contributed by atoms with Crippen LogP contribution in [0.4, 0.5) is 5.69 Å². The number of benzene rings is 1. The molecule has 0 radical (unpaired) electrons. The van der Waals surface area contributed by atoms with Gasteiger partial charge in [0.2, 0.25) is 0 Å². The van der Waals surface area contributed by atoms with E-state index in [0.717, 1.165) is 29.9 Å². The number of tetrazole rings is 1. The fourth-order valence-corrected chi connectivity index (χ4v) is 2.98. The monoisotopic (exact) mass is 287 g/mol. The van der Waals surface area contributed by atoms with Gasteiger partial charge in [0.15, 0.2) is 5.82 Å².